The summed E-state index contributed by atoms with van der Waals surface area (Å²) in [5, 5.41) is 0. The number of likely N-dealkylation sites (tertiary alicyclic amines) is 1. The number of hydrogen-bond acceptors (Lipinski definition) is 4. The Kier molecular flexibility index (Phi) is 3.68. The van der Waals surface area contributed by atoms with Crippen LogP contribution in [0.25, 0.3) is 0 Å². The summed E-state index contributed by atoms with van der Waals surface area (Å²) in [6, 6.07) is 10.1. The fraction of sp³-hybridized carbons (Fsp3) is 0.474. The monoisotopic (exact) mass is 327 g/mol. The van der Waals surface area contributed by atoms with Crippen molar-refractivity contribution in [2.45, 2.75) is 25.0 Å². The summed E-state index contributed by atoms with van der Waals surface area (Å²) < 4.78 is 11.2. The SMILES string of the molecule is CCOC(=O)[C@H]1[C@H]2C=CC3(CN(CCc4ccccc4)C(=O)[C@@H]13)O2. The van der Waals surface area contributed by atoms with Crippen LogP contribution < -0.4 is 0 Å². The zero-order chi connectivity index (χ0) is 16.7. The topological polar surface area (TPSA) is 55.8 Å². The highest BCUT2D eigenvalue weighted by atomic mass is 16.6. The van der Waals surface area contributed by atoms with E-state index >= 15 is 0 Å². The molecule has 0 radical (unpaired) electrons. The van der Waals surface area contributed by atoms with Crippen molar-refractivity contribution in [2.24, 2.45) is 11.8 Å². The van der Waals surface area contributed by atoms with Gasteiger partial charge in [-0.1, -0.05) is 42.5 Å². The third-order valence-corrected chi connectivity index (χ3v) is 5.25. The molecule has 5 heteroatoms. The van der Waals surface area contributed by atoms with Gasteiger partial charge in [-0.2, -0.15) is 0 Å². The molecule has 24 heavy (non-hydrogen) atoms. The molecular formula is C19H21NO4. The largest absolute Gasteiger partial charge is 0.466 e. The number of amides is 1. The van der Waals surface area contributed by atoms with Crippen molar-refractivity contribution in [3.63, 3.8) is 0 Å². The van der Waals surface area contributed by atoms with Gasteiger partial charge in [-0.05, 0) is 18.9 Å². The molecule has 2 bridgehead atoms. The van der Waals surface area contributed by atoms with Gasteiger partial charge >= 0.3 is 5.97 Å². The molecule has 0 aromatic heterocycles. The van der Waals surface area contributed by atoms with E-state index in [1.807, 2.05) is 35.3 Å². The molecule has 5 nitrogen and oxygen atoms in total. The predicted molar refractivity (Wildman–Crippen MR) is 87.1 cm³/mol. The summed E-state index contributed by atoms with van der Waals surface area (Å²) in [5.41, 5.74) is 0.554. The first-order valence-corrected chi connectivity index (χ1v) is 8.51. The quantitative estimate of drug-likeness (QED) is 0.608. The average molecular weight is 327 g/mol. The van der Waals surface area contributed by atoms with Crippen molar-refractivity contribution in [1.82, 2.24) is 4.90 Å². The first-order chi connectivity index (χ1) is 11.6. The van der Waals surface area contributed by atoms with E-state index in [9.17, 15) is 9.59 Å². The Hall–Kier alpha value is -2.14. The third-order valence-electron chi connectivity index (χ3n) is 5.25. The number of esters is 1. The first-order valence-electron chi connectivity index (χ1n) is 8.51. The van der Waals surface area contributed by atoms with Gasteiger partial charge in [0.1, 0.15) is 11.5 Å². The van der Waals surface area contributed by atoms with E-state index in [-0.39, 0.29) is 18.0 Å². The molecule has 126 valence electrons. The Morgan fingerprint density at radius 3 is 2.92 bits per heavy atom. The molecule has 3 aliphatic heterocycles. The van der Waals surface area contributed by atoms with Crippen LogP contribution >= 0.6 is 0 Å². The molecule has 0 aliphatic carbocycles. The molecule has 4 atom stereocenters. The lowest BCUT2D eigenvalue weighted by molar-refractivity contribution is -0.153. The standard InChI is InChI=1S/C19H21NO4/c1-2-23-18(22)15-14-8-10-19(24-14)12-20(17(21)16(15)19)11-9-13-6-4-3-5-7-13/h3-8,10,14-16H,2,9,11-12H2,1H3/t14-,15+,16-,19?/m1/s1. The van der Waals surface area contributed by atoms with E-state index < -0.39 is 17.4 Å². The molecule has 1 aromatic rings. The number of ether oxygens (including phenoxy) is 2. The van der Waals surface area contributed by atoms with E-state index in [4.69, 9.17) is 9.47 Å². The maximum absolute atomic E-state index is 12.9. The third kappa shape index (κ3) is 2.26. The van der Waals surface area contributed by atoms with Gasteiger partial charge in [0.05, 0.1) is 25.2 Å². The van der Waals surface area contributed by atoms with Gasteiger partial charge in [-0.15, -0.1) is 0 Å². The lowest BCUT2D eigenvalue weighted by Gasteiger charge is -2.22. The number of rotatable bonds is 5. The molecule has 2 saturated heterocycles. The fourth-order valence-corrected chi connectivity index (χ4v) is 4.18. The van der Waals surface area contributed by atoms with Crippen LogP contribution in [0, 0.1) is 11.8 Å². The zero-order valence-corrected chi connectivity index (χ0v) is 13.7. The summed E-state index contributed by atoms with van der Waals surface area (Å²) in [6.45, 7) is 3.25. The second kappa shape index (κ2) is 5.74. The molecule has 1 spiro atoms. The summed E-state index contributed by atoms with van der Waals surface area (Å²) in [7, 11) is 0. The summed E-state index contributed by atoms with van der Waals surface area (Å²) in [4.78, 5) is 27.0. The molecule has 1 aromatic carbocycles. The van der Waals surface area contributed by atoms with Crippen molar-refractivity contribution >= 4 is 11.9 Å². The maximum Gasteiger partial charge on any atom is 0.312 e. The summed E-state index contributed by atoms with van der Waals surface area (Å²) >= 11 is 0. The zero-order valence-electron chi connectivity index (χ0n) is 13.7. The predicted octanol–water partition coefficient (Wildman–Crippen LogP) is 1.57. The van der Waals surface area contributed by atoms with Crippen LogP contribution in [0.5, 0.6) is 0 Å². The average Bonchev–Trinajstić information content (AvgIpc) is 3.22. The van der Waals surface area contributed by atoms with Crippen LogP contribution in [-0.2, 0) is 25.5 Å². The van der Waals surface area contributed by atoms with Gasteiger partial charge in [0.25, 0.3) is 0 Å². The van der Waals surface area contributed by atoms with Crippen molar-refractivity contribution in [1.29, 1.82) is 0 Å². The smallest absolute Gasteiger partial charge is 0.312 e. The molecule has 1 amide bonds. The van der Waals surface area contributed by atoms with Gasteiger partial charge in [-0.25, -0.2) is 0 Å². The minimum Gasteiger partial charge on any atom is -0.466 e. The van der Waals surface area contributed by atoms with Crippen LogP contribution in [0.15, 0.2) is 42.5 Å². The van der Waals surface area contributed by atoms with Crippen molar-refractivity contribution in [3.05, 3.63) is 48.0 Å². The lowest BCUT2D eigenvalue weighted by Crippen LogP contribution is -2.40. The van der Waals surface area contributed by atoms with Gasteiger partial charge in [0.2, 0.25) is 5.91 Å². The summed E-state index contributed by atoms with van der Waals surface area (Å²) in [5.74, 6) is -1.26. The van der Waals surface area contributed by atoms with E-state index in [1.54, 1.807) is 6.92 Å². The van der Waals surface area contributed by atoms with Crippen molar-refractivity contribution < 1.29 is 19.1 Å². The van der Waals surface area contributed by atoms with Crippen LogP contribution in [0.1, 0.15) is 12.5 Å². The Bertz CT molecular complexity index is 686. The van der Waals surface area contributed by atoms with Gasteiger partial charge < -0.3 is 14.4 Å². The van der Waals surface area contributed by atoms with Crippen molar-refractivity contribution in [3.8, 4) is 0 Å². The number of hydrogen-bond donors (Lipinski definition) is 0. The molecule has 2 fully saturated rings. The Balaban J connectivity index is 1.51. The van der Waals surface area contributed by atoms with Crippen LogP contribution in [0.4, 0.5) is 0 Å². The second-order valence-electron chi connectivity index (χ2n) is 6.65. The number of carbonyl (C=O) groups is 2. The molecule has 4 rings (SSSR count). The number of carbonyl (C=O) groups excluding carboxylic acids is 2. The van der Waals surface area contributed by atoms with Crippen LogP contribution in [-0.4, -0.2) is 48.2 Å². The van der Waals surface area contributed by atoms with E-state index in [1.165, 1.54) is 5.56 Å². The van der Waals surface area contributed by atoms with Gasteiger partial charge in [0.15, 0.2) is 0 Å². The van der Waals surface area contributed by atoms with Crippen LogP contribution in [0.2, 0.25) is 0 Å². The Labute approximate surface area is 141 Å². The Morgan fingerprint density at radius 2 is 2.17 bits per heavy atom. The van der Waals surface area contributed by atoms with Crippen molar-refractivity contribution in [2.75, 3.05) is 19.7 Å². The molecule has 0 N–H and O–H groups in total. The number of fused-ring (bicyclic) bond motifs is 1. The van der Waals surface area contributed by atoms with E-state index in [0.29, 0.717) is 19.7 Å². The number of nitrogens with zero attached hydrogens (tertiary/aromatic N) is 1. The maximum atomic E-state index is 12.9. The first kappa shape index (κ1) is 15.4. The molecule has 3 heterocycles. The molecule has 3 aliphatic rings. The van der Waals surface area contributed by atoms with E-state index in [2.05, 4.69) is 12.1 Å². The summed E-state index contributed by atoms with van der Waals surface area (Å²) in [6.07, 6.45) is 4.35. The second-order valence-corrected chi connectivity index (χ2v) is 6.65. The van der Waals surface area contributed by atoms with Gasteiger partial charge in [0, 0.05) is 6.54 Å². The van der Waals surface area contributed by atoms with Gasteiger partial charge in [-0.3, -0.25) is 9.59 Å². The minimum atomic E-state index is -0.643. The molecule has 1 unspecified atom stereocenters. The molecular weight excluding hydrogens is 306 g/mol. The molecule has 0 saturated carbocycles. The highest BCUT2D eigenvalue weighted by Crippen LogP contribution is 2.52. The highest BCUT2D eigenvalue weighted by Gasteiger charge is 2.67. The number of benzene rings is 1. The van der Waals surface area contributed by atoms with E-state index in [0.717, 1.165) is 6.42 Å². The highest BCUT2D eigenvalue weighted by molar-refractivity contribution is 5.91. The minimum absolute atomic E-state index is 0.0100. The van der Waals surface area contributed by atoms with Crippen LogP contribution in [0.3, 0.4) is 0 Å². The lowest BCUT2D eigenvalue weighted by atomic mass is 9.77. The normalized spacial score (nSPS) is 33.1. The fourth-order valence-electron chi connectivity index (χ4n) is 4.18. The Morgan fingerprint density at radius 1 is 1.38 bits per heavy atom.